The summed E-state index contributed by atoms with van der Waals surface area (Å²) < 4.78 is 36.6. The van der Waals surface area contributed by atoms with E-state index < -0.39 is 0 Å². The van der Waals surface area contributed by atoms with Crippen molar-refractivity contribution in [3.63, 3.8) is 0 Å². The Hall–Kier alpha value is -3.46. The number of hydrogen-bond acceptors (Lipinski definition) is 6. The molecule has 4 aromatic carbocycles. The quantitative estimate of drug-likeness (QED) is 0.158. The summed E-state index contributed by atoms with van der Waals surface area (Å²) in [5.41, 5.74) is 3.06. The van der Waals surface area contributed by atoms with Crippen molar-refractivity contribution < 1.29 is 27.6 Å². The van der Waals surface area contributed by atoms with Crippen LogP contribution in [0.4, 0.5) is 0 Å². The molecule has 222 valence electrons. The van der Waals surface area contributed by atoms with Crippen LogP contribution in [0.25, 0.3) is 11.1 Å². The summed E-state index contributed by atoms with van der Waals surface area (Å²) in [6.45, 7) is 12.9. The van der Waals surface area contributed by atoms with E-state index in [0.717, 1.165) is 33.8 Å². The van der Waals surface area contributed by atoms with Crippen LogP contribution in [0.15, 0.2) is 84.9 Å². The second-order valence-corrected chi connectivity index (χ2v) is 13.0. The normalized spacial score (nSPS) is 12.1. The lowest BCUT2D eigenvalue weighted by Crippen LogP contribution is -2.15. The standard InChI is InChI=1S/C34H40O6P2/c1-33(2,3)29-21-25(35-7)19-27(31(29)39-41-37-23-15-11-9-12-16-23)28-20-26(36-8)22-30(34(4,5)6)32(28)40-42-38-24-17-13-10-14-18-24/h9-22,41-42H,1-8H3. The van der Waals surface area contributed by atoms with Crippen molar-refractivity contribution in [1.29, 1.82) is 0 Å². The molecule has 0 fully saturated rings. The molecular formula is C34H40O6P2. The lowest BCUT2D eigenvalue weighted by atomic mass is 9.81. The molecule has 4 rings (SSSR count). The van der Waals surface area contributed by atoms with Crippen LogP contribution in [0, 0.1) is 0 Å². The zero-order valence-electron chi connectivity index (χ0n) is 25.5. The highest BCUT2D eigenvalue weighted by Gasteiger charge is 2.29. The highest BCUT2D eigenvalue weighted by atomic mass is 31.1. The van der Waals surface area contributed by atoms with Crippen LogP contribution in [0.1, 0.15) is 52.7 Å². The maximum absolute atomic E-state index is 6.51. The van der Waals surface area contributed by atoms with Crippen molar-refractivity contribution in [3.05, 3.63) is 96.1 Å². The van der Waals surface area contributed by atoms with Crippen LogP contribution >= 0.6 is 18.1 Å². The molecule has 0 spiro atoms. The van der Waals surface area contributed by atoms with E-state index in [2.05, 4.69) is 41.5 Å². The Morgan fingerprint density at radius 1 is 0.452 bits per heavy atom. The molecule has 2 atom stereocenters. The molecule has 0 aromatic heterocycles. The monoisotopic (exact) mass is 606 g/mol. The smallest absolute Gasteiger partial charge is 0.275 e. The number of benzene rings is 4. The van der Waals surface area contributed by atoms with E-state index in [0.29, 0.717) is 23.0 Å². The van der Waals surface area contributed by atoms with Crippen LogP contribution in [-0.4, -0.2) is 14.2 Å². The summed E-state index contributed by atoms with van der Waals surface area (Å²) in [6, 6.07) is 27.3. The van der Waals surface area contributed by atoms with Gasteiger partial charge in [0, 0.05) is 22.3 Å². The van der Waals surface area contributed by atoms with E-state index in [1.54, 1.807) is 14.2 Å². The Balaban J connectivity index is 1.88. The maximum atomic E-state index is 6.51. The second-order valence-electron chi connectivity index (χ2n) is 11.8. The van der Waals surface area contributed by atoms with Gasteiger partial charge in [0.15, 0.2) is 0 Å². The summed E-state index contributed by atoms with van der Waals surface area (Å²) in [6.07, 6.45) is 0. The largest absolute Gasteiger partial charge is 0.497 e. The van der Waals surface area contributed by atoms with E-state index in [1.165, 1.54) is 0 Å². The number of ether oxygens (including phenoxy) is 2. The first-order valence-corrected chi connectivity index (χ1v) is 15.4. The fraction of sp³-hybridized carbons (Fsp3) is 0.294. The highest BCUT2D eigenvalue weighted by molar-refractivity contribution is 7.27. The molecule has 0 N–H and O–H groups in total. The minimum Gasteiger partial charge on any atom is -0.497 e. The summed E-state index contributed by atoms with van der Waals surface area (Å²) >= 11 is 0. The number of methoxy groups -OCH3 is 2. The lowest BCUT2D eigenvalue weighted by molar-refractivity contribution is 0.409. The molecule has 2 unspecified atom stereocenters. The third-order valence-electron chi connectivity index (χ3n) is 6.60. The van der Waals surface area contributed by atoms with Gasteiger partial charge in [0.05, 0.1) is 14.2 Å². The van der Waals surface area contributed by atoms with Crippen molar-refractivity contribution in [2.24, 2.45) is 0 Å². The number of para-hydroxylation sites is 2. The molecule has 0 saturated heterocycles. The van der Waals surface area contributed by atoms with Gasteiger partial charge in [-0.2, -0.15) is 0 Å². The van der Waals surface area contributed by atoms with Gasteiger partial charge in [-0.15, -0.1) is 0 Å². The van der Waals surface area contributed by atoms with Crippen LogP contribution < -0.4 is 27.6 Å². The molecular weight excluding hydrogens is 566 g/mol. The molecule has 0 heterocycles. The molecule has 0 radical (unpaired) electrons. The Morgan fingerprint density at radius 3 is 1.12 bits per heavy atom. The van der Waals surface area contributed by atoms with Crippen LogP contribution in [0.5, 0.6) is 34.5 Å². The highest BCUT2D eigenvalue weighted by Crippen LogP contribution is 2.51. The third kappa shape index (κ3) is 7.88. The topological polar surface area (TPSA) is 55.4 Å². The fourth-order valence-electron chi connectivity index (χ4n) is 4.37. The minimum absolute atomic E-state index is 0.263. The van der Waals surface area contributed by atoms with Crippen molar-refractivity contribution in [2.45, 2.75) is 52.4 Å². The Morgan fingerprint density at radius 2 is 0.810 bits per heavy atom. The molecule has 8 heteroatoms. The number of rotatable bonds is 11. The van der Waals surface area contributed by atoms with Crippen LogP contribution in [0.3, 0.4) is 0 Å². The maximum Gasteiger partial charge on any atom is 0.275 e. The molecule has 0 aliphatic rings. The SMILES string of the molecule is COc1cc(-c2cc(OC)cc(C(C)(C)C)c2OPOc2ccccc2)c(OPOc2ccccc2)c(C(C)(C)C)c1. The first-order valence-electron chi connectivity index (χ1n) is 13.7. The van der Waals surface area contributed by atoms with Gasteiger partial charge in [0.2, 0.25) is 0 Å². The average molecular weight is 607 g/mol. The van der Waals surface area contributed by atoms with E-state index in [-0.39, 0.29) is 28.9 Å². The van der Waals surface area contributed by atoms with Crippen molar-refractivity contribution >= 4 is 18.1 Å². The minimum atomic E-state index is -0.272. The van der Waals surface area contributed by atoms with Gasteiger partial charge < -0.3 is 27.6 Å². The molecule has 0 aliphatic heterocycles. The van der Waals surface area contributed by atoms with Gasteiger partial charge in [0.1, 0.15) is 34.5 Å². The Labute approximate surface area is 253 Å². The molecule has 42 heavy (non-hydrogen) atoms. The summed E-state index contributed by atoms with van der Waals surface area (Å²) in [4.78, 5) is 0. The van der Waals surface area contributed by atoms with Crippen molar-refractivity contribution in [3.8, 4) is 45.6 Å². The zero-order chi connectivity index (χ0) is 30.3. The first kappa shape index (κ1) is 31.5. The van der Waals surface area contributed by atoms with E-state index in [9.17, 15) is 0 Å². The van der Waals surface area contributed by atoms with Crippen molar-refractivity contribution in [2.75, 3.05) is 14.2 Å². The molecule has 0 aliphatic carbocycles. The van der Waals surface area contributed by atoms with Gasteiger partial charge in [0.25, 0.3) is 18.1 Å². The lowest BCUT2D eigenvalue weighted by Gasteiger charge is -2.28. The molecule has 0 amide bonds. The molecule has 4 aromatic rings. The van der Waals surface area contributed by atoms with Gasteiger partial charge in [-0.3, -0.25) is 0 Å². The molecule has 6 nitrogen and oxygen atoms in total. The van der Waals surface area contributed by atoms with Gasteiger partial charge in [-0.1, -0.05) is 77.9 Å². The first-order chi connectivity index (χ1) is 20.0. The van der Waals surface area contributed by atoms with Gasteiger partial charge in [-0.25, -0.2) is 0 Å². The zero-order valence-corrected chi connectivity index (χ0v) is 27.5. The van der Waals surface area contributed by atoms with Crippen LogP contribution in [-0.2, 0) is 10.8 Å². The second kappa shape index (κ2) is 13.7. The van der Waals surface area contributed by atoms with E-state index in [1.807, 2.05) is 84.9 Å². The number of hydrogen-bond donors (Lipinski definition) is 0. The molecule has 0 bridgehead atoms. The van der Waals surface area contributed by atoms with Gasteiger partial charge in [-0.05, 0) is 59.4 Å². The Kier molecular flexibility index (Phi) is 10.2. The fourth-order valence-corrected chi connectivity index (χ4v) is 5.53. The van der Waals surface area contributed by atoms with Crippen molar-refractivity contribution in [1.82, 2.24) is 0 Å². The van der Waals surface area contributed by atoms with Crippen LogP contribution in [0.2, 0.25) is 0 Å². The predicted molar refractivity (Wildman–Crippen MR) is 174 cm³/mol. The average Bonchev–Trinajstić information content (AvgIpc) is 2.97. The summed E-state index contributed by atoms with van der Waals surface area (Å²) in [5.74, 6) is 4.30. The molecule has 0 saturated carbocycles. The van der Waals surface area contributed by atoms with E-state index >= 15 is 0 Å². The summed E-state index contributed by atoms with van der Waals surface area (Å²) in [5, 5.41) is 0. The summed E-state index contributed by atoms with van der Waals surface area (Å²) in [7, 11) is 2.80. The van der Waals surface area contributed by atoms with E-state index in [4.69, 9.17) is 27.6 Å². The Bertz CT molecular complexity index is 1350. The predicted octanol–water partition coefficient (Wildman–Crippen LogP) is 9.90. The van der Waals surface area contributed by atoms with Gasteiger partial charge >= 0.3 is 0 Å². The third-order valence-corrected chi connectivity index (χ3v) is 7.81.